The summed E-state index contributed by atoms with van der Waals surface area (Å²) in [7, 11) is 0.271. The second-order valence-corrected chi connectivity index (χ2v) is 8.73. The maximum atomic E-state index is 6.45. The third-order valence-corrected chi connectivity index (χ3v) is 6.24. The van der Waals surface area contributed by atoms with Crippen molar-refractivity contribution in [3.05, 3.63) is 126 Å². The van der Waals surface area contributed by atoms with Gasteiger partial charge in [0.15, 0.2) is 0 Å². The molecule has 1 aliphatic carbocycles. The van der Waals surface area contributed by atoms with Crippen LogP contribution in [-0.2, 0) is 32.3 Å². The molecule has 0 unspecified atom stereocenters. The maximum absolute atomic E-state index is 6.45. The molecule has 0 saturated carbocycles. The van der Waals surface area contributed by atoms with Gasteiger partial charge in [-0.15, -0.1) is 5.56 Å². The molecule has 0 saturated heterocycles. The van der Waals surface area contributed by atoms with Crippen LogP contribution in [0.4, 0.5) is 0 Å². The van der Waals surface area contributed by atoms with Crippen LogP contribution in [0.1, 0.15) is 24.5 Å². The zero-order valence-electron chi connectivity index (χ0n) is 18.8. The van der Waals surface area contributed by atoms with E-state index in [2.05, 4.69) is 103 Å². The molecule has 0 heterocycles. The number of halogens is 2. The molecule has 5 heteroatoms. The van der Waals surface area contributed by atoms with Gasteiger partial charge in [0.25, 0.3) is 0 Å². The van der Waals surface area contributed by atoms with Crippen molar-refractivity contribution >= 4 is 19.9 Å². The molecule has 1 radical (unpaired) electrons. The number of nitrogens with one attached hydrogen (secondary N) is 1. The molecule has 0 atom stereocenters. The smallest absolute Gasteiger partial charge is 1.00 e. The van der Waals surface area contributed by atoms with Gasteiger partial charge in [0.05, 0.1) is 0 Å². The standard InChI is InChI=1S/C13H9.C12H11Si.C3H8N.2ClH.Hf/c1-3-7-12-10(5-1)9-11-6-2-4-8-13(11)12;1-3-7-11(8-4-1)13-12-9-5-2-6-10-12;1-2-3-4;;;/h1-5,7-8H,9H2;1-10,13H;4H,2-3H2,1H3;2*1H;/q-1;;-1;;;+4/p-2. The van der Waals surface area contributed by atoms with Crippen molar-refractivity contribution in [2.24, 2.45) is 0 Å². The van der Waals surface area contributed by atoms with Crippen LogP contribution in [0.25, 0.3) is 16.9 Å². The second kappa shape index (κ2) is 17.9. The van der Waals surface area contributed by atoms with Crippen molar-refractivity contribution < 1.29 is 50.7 Å². The fourth-order valence-electron chi connectivity index (χ4n) is 3.29. The molecule has 33 heavy (non-hydrogen) atoms. The Balaban J connectivity index is 0.000000497. The summed E-state index contributed by atoms with van der Waals surface area (Å²) in [5.41, 5.74) is 12.0. The average molecular weight is 656 g/mol. The predicted octanol–water partition coefficient (Wildman–Crippen LogP) is -0.414. The normalized spacial score (nSPS) is 9.64. The van der Waals surface area contributed by atoms with Gasteiger partial charge in [-0.1, -0.05) is 120 Å². The van der Waals surface area contributed by atoms with Crippen LogP contribution in [0.15, 0.2) is 103 Å². The Bertz CT molecular complexity index is 947. The molecule has 0 fully saturated rings. The number of hydrogen-bond donors (Lipinski definition) is 0. The minimum atomic E-state index is 0. The van der Waals surface area contributed by atoms with E-state index < -0.39 is 0 Å². The molecular weight excluding hydrogens is 628 g/mol. The monoisotopic (exact) mass is 656 g/mol. The van der Waals surface area contributed by atoms with Gasteiger partial charge < -0.3 is 30.5 Å². The first-order valence-corrected chi connectivity index (χ1v) is 11.6. The van der Waals surface area contributed by atoms with E-state index in [-0.39, 0.29) is 60.2 Å². The average Bonchev–Trinajstić information content (AvgIpc) is 3.20. The van der Waals surface area contributed by atoms with Gasteiger partial charge in [-0.2, -0.15) is 36.4 Å². The summed E-state index contributed by atoms with van der Waals surface area (Å²) in [5, 5.41) is 2.90. The molecule has 0 spiro atoms. The van der Waals surface area contributed by atoms with E-state index in [1.165, 1.54) is 32.6 Å². The summed E-state index contributed by atoms with van der Waals surface area (Å²) in [4.78, 5) is 0. The fourth-order valence-corrected chi connectivity index (χ4v) is 4.50. The van der Waals surface area contributed by atoms with E-state index in [0.29, 0.717) is 6.54 Å². The van der Waals surface area contributed by atoms with Gasteiger partial charge in [0.1, 0.15) is 9.52 Å². The van der Waals surface area contributed by atoms with Crippen molar-refractivity contribution in [2.75, 3.05) is 6.54 Å². The summed E-state index contributed by atoms with van der Waals surface area (Å²) >= 11 is 0. The molecule has 1 N–H and O–H groups in total. The number of rotatable bonds is 3. The predicted molar refractivity (Wildman–Crippen MR) is 132 cm³/mol. The van der Waals surface area contributed by atoms with Gasteiger partial charge in [0.2, 0.25) is 0 Å². The summed E-state index contributed by atoms with van der Waals surface area (Å²) in [6.07, 6.45) is 2.03. The minimum absolute atomic E-state index is 0. The first-order valence-electron chi connectivity index (χ1n) is 10.5. The molecule has 1 nitrogen and oxygen atoms in total. The minimum Gasteiger partial charge on any atom is -1.00 e. The summed E-state index contributed by atoms with van der Waals surface area (Å²) in [6, 6.07) is 39.4. The van der Waals surface area contributed by atoms with Crippen LogP contribution >= 0.6 is 0 Å². The largest absolute Gasteiger partial charge is 4.00 e. The Hall–Kier alpha value is -1.49. The Labute approximate surface area is 232 Å². The van der Waals surface area contributed by atoms with Gasteiger partial charge in [-0.3, -0.25) is 0 Å². The van der Waals surface area contributed by atoms with Gasteiger partial charge in [0, 0.05) is 0 Å². The van der Waals surface area contributed by atoms with E-state index in [9.17, 15) is 0 Å². The Morgan fingerprint density at radius 3 is 1.76 bits per heavy atom. The van der Waals surface area contributed by atoms with E-state index in [1.54, 1.807) is 0 Å². The fraction of sp³-hybridized carbons (Fsp3) is 0.143. The molecule has 1 aliphatic rings. The summed E-state index contributed by atoms with van der Waals surface area (Å²) < 4.78 is 0. The van der Waals surface area contributed by atoms with Gasteiger partial charge in [-0.05, 0) is 6.42 Å². The first kappa shape index (κ1) is 31.5. The van der Waals surface area contributed by atoms with Crippen LogP contribution < -0.4 is 35.2 Å². The molecule has 0 amide bonds. The maximum Gasteiger partial charge on any atom is 4.00 e. The quantitative estimate of drug-likeness (QED) is 0.187. The van der Waals surface area contributed by atoms with Crippen LogP contribution in [-0.4, -0.2) is 16.1 Å². The van der Waals surface area contributed by atoms with Crippen molar-refractivity contribution in [3.8, 4) is 11.1 Å². The zero-order valence-corrected chi connectivity index (χ0v) is 25.0. The molecule has 0 aliphatic heterocycles. The van der Waals surface area contributed by atoms with E-state index >= 15 is 0 Å². The van der Waals surface area contributed by atoms with Gasteiger partial charge in [-0.25, -0.2) is 0 Å². The first-order chi connectivity index (χ1) is 14.8. The SMILES string of the molecule is CCC[NH-].[Cl-].[Cl-].[Hf+4].[c-]1cccc2c1Cc1ccccc1-2.c1ccc([SiH]c2ccccc2)cc1. The second-order valence-electron chi connectivity index (χ2n) is 7.11. The van der Waals surface area contributed by atoms with Gasteiger partial charge >= 0.3 is 25.8 Å². The van der Waals surface area contributed by atoms with Crippen molar-refractivity contribution in [2.45, 2.75) is 19.8 Å². The third kappa shape index (κ3) is 10.1. The number of hydrogen-bond acceptors (Lipinski definition) is 0. The Morgan fingerprint density at radius 2 is 1.21 bits per heavy atom. The molecule has 4 aromatic carbocycles. The van der Waals surface area contributed by atoms with Crippen molar-refractivity contribution in [1.29, 1.82) is 0 Å². The molecular formula is C28H28Cl2HfNSi. The zero-order chi connectivity index (χ0) is 21.0. The molecule has 0 bridgehead atoms. The Kier molecular flexibility index (Phi) is 17.1. The number of fused-ring (bicyclic) bond motifs is 3. The summed E-state index contributed by atoms with van der Waals surface area (Å²) in [5.74, 6) is 0. The molecule has 0 aromatic heterocycles. The van der Waals surface area contributed by atoms with Crippen LogP contribution in [0.5, 0.6) is 0 Å². The van der Waals surface area contributed by atoms with Crippen LogP contribution in [0.2, 0.25) is 0 Å². The van der Waals surface area contributed by atoms with Crippen molar-refractivity contribution in [3.63, 3.8) is 0 Å². The van der Waals surface area contributed by atoms with E-state index in [4.69, 9.17) is 5.73 Å². The summed E-state index contributed by atoms with van der Waals surface area (Å²) in [6.45, 7) is 2.56. The molecule has 4 aromatic rings. The van der Waals surface area contributed by atoms with Crippen molar-refractivity contribution in [1.82, 2.24) is 0 Å². The number of benzene rings is 4. The van der Waals surface area contributed by atoms with Crippen LogP contribution in [0.3, 0.4) is 0 Å². The van der Waals surface area contributed by atoms with Crippen LogP contribution in [0, 0.1) is 6.07 Å². The molecule has 5 rings (SSSR count). The topological polar surface area (TPSA) is 23.8 Å². The van der Waals surface area contributed by atoms with E-state index in [1.807, 2.05) is 13.0 Å². The Morgan fingerprint density at radius 1 is 0.727 bits per heavy atom. The molecule has 167 valence electrons. The third-order valence-electron chi connectivity index (χ3n) is 4.80. The van der Waals surface area contributed by atoms with E-state index in [0.717, 1.165) is 12.8 Å².